The Kier molecular flexibility index (Phi) is 4.26. The zero-order chi connectivity index (χ0) is 17.4. The number of hydrogen-bond acceptors (Lipinski definition) is 7. The number of hydrogen-bond donors (Lipinski definition) is 0. The second-order valence-corrected chi connectivity index (χ2v) is 9.70. The van der Waals surface area contributed by atoms with Crippen LogP contribution in [-0.2, 0) is 15.6 Å². The lowest BCUT2D eigenvalue weighted by molar-refractivity contribution is 0.489. The zero-order valence-corrected chi connectivity index (χ0v) is 15.7. The summed E-state index contributed by atoms with van der Waals surface area (Å²) < 4.78 is 30.8. The van der Waals surface area contributed by atoms with Crippen LogP contribution in [0.15, 0.2) is 57.0 Å². The predicted molar refractivity (Wildman–Crippen MR) is 101 cm³/mol. The van der Waals surface area contributed by atoms with E-state index in [1.807, 2.05) is 18.2 Å². The van der Waals surface area contributed by atoms with Crippen molar-refractivity contribution in [2.45, 2.75) is 22.8 Å². The number of thiazole rings is 1. The summed E-state index contributed by atoms with van der Waals surface area (Å²) >= 11 is 3.11. The van der Waals surface area contributed by atoms with Crippen LogP contribution >= 0.6 is 23.1 Å². The first-order chi connectivity index (χ1) is 12.0. The second-order valence-electron chi connectivity index (χ2n) is 5.38. The highest BCUT2D eigenvalue weighted by Gasteiger charge is 2.15. The molecule has 0 radical (unpaired) electrons. The maximum Gasteiger partial charge on any atom is 0.257 e. The van der Waals surface area contributed by atoms with Crippen molar-refractivity contribution in [2.75, 3.05) is 5.75 Å². The average molecular weight is 391 g/mol. The summed E-state index contributed by atoms with van der Waals surface area (Å²) in [7, 11) is -3.25. The van der Waals surface area contributed by atoms with Crippen LogP contribution < -0.4 is 0 Å². The van der Waals surface area contributed by atoms with Crippen LogP contribution in [0.2, 0.25) is 0 Å². The van der Waals surface area contributed by atoms with E-state index in [1.54, 1.807) is 36.5 Å². The maximum atomic E-state index is 12.0. The fourth-order valence-electron chi connectivity index (χ4n) is 2.41. The number of fused-ring (bicyclic) bond motifs is 2. The van der Waals surface area contributed by atoms with Gasteiger partial charge in [0.05, 0.1) is 26.6 Å². The molecule has 0 amide bonds. The van der Waals surface area contributed by atoms with Gasteiger partial charge in [-0.2, -0.15) is 0 Å². The Morgan fingerprint density at radius 1 is 1.12 bits per heavy atom. The van der Waals surface area contributed by atoms with Crippen LogP contribution in [0.1, 0.15) is 11.9 Å². The monoisotopic (exact) mass is 390 g/mol. The van der Waals surface area contributed by atoms with Crippen molar-refractivity contribution in [3.63, 3.8) is 0 Å². The molecular formula is C17H14N2O3S3. The highest BCUT2D eigenvalue weighted by Crippen LogP contribution is 2.30. The van der Waals surface area contributed by atoms with Gasteiger partial charge in [0.15, 0.2) is 15.4 Å². The van der Waals surface area contributed by atoms with Gasteiger partial charge in [0, 0.05) is 0 Å². The lowest BCUT2D eigenvalue weighted by atomic mass is 10.3. The molecular weight excluding hydrogens is 376 g/mol. The molecule has 2 heterocycles. The van der Waals surface area contributed by atoms with Crippen molar-refractivity contribution in [1.82, 2.24) is 9.97 Å². The Balaban J connectivity index is 1.57. The molecule has 0 unspecified atom stereocenters. The van der Waals surface area contributed by atoms with Crippen LogP contribution in [0.4, 0.5) is 0 Å². The molecule has 0 spiro atoms. The summed E-state index contributed by atoms with van der Waals surface area (Å²) in [4.78, 5) is 9.26. The molecule has 0 fully saturated rings. The molecule has 2 aromatic heterocycles. The summed E-state index contributed by atoms with van der Waals surface area (Å²) in [5.74, 6) is 0.724. The van der Waals surface area contributed by atoms with Crippen LogP contribution in [0, 0.1) is 0 Å². The molecule has 5 nitrogen and oxygen atoms in total. The molecule has 2 aromatic carbocycles. The third-order valence-corrected chi connectivity index (χ3v) is 7.53. The highest BCUT2D eigenvalue weighted by atomic mass is 32.2. The van der Waals surface area contributed by atoms with Crippen LogP contribution in [-0.4, -0.2) is 24.1 Å². The van der Waals surface area contributed by atoms with Gasteiger partial charge in [-0.15, -0.1) is 11.3 Å². The fourth-order valence-corrected chi connectivity index (χ4v) is 5.11. The second kappa shape index (κ2) is 6.44. The number of nitrogens with zero attached hydrogens (tertiary/aromatic N) is 2. The molecule has 0 aliphatic rings. The van der Waals surface area contributed by atoms with E-state index in [-0.39, 0.29) is 10.6 Å². The molecule has 0 aliphatic carbocycles. The fraction of sp³-hybridized carbons (Fsp3) is 0.176. The Labute approximate surface area is 153 Å². The van der Waals surface area contributed by atoms with Crippen LogP contribution in [0.5, 0.6) is 0 Å². The molecule has 4 rings (SSSR count). The minimum Gasteiger partial charge on any atom is -0.431 e. The van der Waals surface area contributed by atoms with Crippen molar-refractivity contribution in [3.05, 3.63) is 47.5 Å². The molecule has 0 N–H and O–H groups in total. The third kappa shape index (κ3) is 3.29. The molecule has 0 aliphatic heterocycles. The van der Waals surface area contributed by atoms with Gasteiger partial charge in [-0.25, -0.2) is 18.4 Å². The molecule has 0 atom stereocenters. The summed E-state index contributed by atoms with van der Waals surface area (Å²) in [6.07, 6.45) is 0. The Bertz CT molecular complexity index is 1130. The largest absolute Gasteiger partial charge is 0.431 e. The van der Waals surface area contributed by atoms with Gasteiger partial charge in [-0.05, 0) is 30.3 Å². The van der Waals surface area contributed by atoms with Crippen molar-refractivity contribution in [1.29, 1.82) is 0 Å². The Morgan fingerprint density at radius 2 is 1.96 bits per heavy atom. The molecule has 0 bridgehead atoms. The SMILES string of the molecule is CCS(=O)(=O)c1ccc2oc(SCc3nc4ccccc4s3)nc2c1. The number of oxazole rings is 1. The van der Waals surface area contributed by atoms with Gasteiger partial charge in [-0.3, -0.25) is 0 Å². The summed E-state index contributed by atoms with van der Waals surface area (Å²) in [5.41, 5.74) is 2.14. The van der Waals surface area contributed by atoms with E-state index in [9.17, 15) is 8.42 Å². The molecule has 8 heteroatoms. The smallest absolute Gasteiger partial charge is 0.257 e. The van der Waals surface area contributed by atoms with Gasteiger partial charge in [0.1, 0.15) is 10.5 Å². The maximum absolute atomic E-state index is 12.0. The van der Waals surface area contributed by atoms with Gasteiger partial charge >= 0.3 is 0 Å². The van der Waals surface area contributed by atoms with Crippen molar-refractivity contribution < 1.29 is 12.8 Å². The molecule has 4 aromatic rings. The number of benzene rings is 2. The number of rotatable bonds is 5. The molecule has 128 valence electrons. The Morgan fingerprint density at radius 3 is 2.76 bits per heavy atom. The number of para-hydroxylation sites is 1. The first kappa shape index (κ1) is 16.6. The average Bonchev–Trinajstić information content (AvgIpc) is 3.22. The summed E-state index contributed by atoms with van der Waals surface area (Å²) in [6.45, 7) is 1.63. The molecule has 25 heavy (non-hydrogen) atoms. The molecule has 0 saturated carbocycles. The van der Waals surface area contributed by atoms with E-state index in [4.69, 9.17) is 4.42 Å². The Hall–Kier alpha value is -1.90. The zero-order valence-electron chi connectivity index (χ0n) is 13.3. The summed E-state index contributed by atoms with van der Waals surface area (Å²) in [6, 6.07) is 12.8. The van der Waals surface area contributed by atoms with Crippen molar-refractivity contribution in [3.8, 4) is 0 Å². The van der Waals surface area contributed by atoms with Gasteiger partial charge < -0.3 is 4.42 Å². The van der Waals surface area contributed by atoms with E-state index >= 15 is 0 Å². The number of sulfone groups is 1. The lowest BCUT2D eigenvalue weighted by Crippen LogP contribution is -2.03. The quantitative estimate of drug-likeness (QED) is 0.466. The minimum absolute atomic E-state index is 0.0651. The third-order valence-electron chi connectivity index (χ3n) is 3.74. The number of aromatic nitrogens is 2. The summed E-state index contributed by atoms with van der Waals surface area (Å²) in [5, 5.41) is 1.52. The lowest BCUT2D eigenvalue weighted by Gasteiger charge is -1.99. The van der Waals surface area contributed by atoms with E-state index in [1.165, 1.54) is 11.8 Å². The first-order valence-electron chi connectivity index (χ1n) is 7.66. The van der Waals surface area contributed by atoms with Crippen LogP contribution in [0.3, 0.4) is 0 Å². The standard InChI is InChI=1S/C17H14N2O3S3/c1-2-25(20,21)11-7-8-14-13(9-11)19-17(22-14)23-10-16-18-12-5-3-4-6-15(12)24-16/h3-9H,2,10H2,1H3. The van der Waals surface area contributed by atoms with E-state index in [0.717, 1.165) is 15.2 Å². The normalized spacial score (nSPS) is 12.2. The van der Waals surface area contributed by atoms with Gasteiger partial charge in [0.2, 0.25) is 0 Å². The molecule has 0 saturated heterocycles. The number of thioether (sulfide) groups is 1. The van der Waals surface area contributed by atoms with E-state index < -0.39 is 9.84 Å². The topological polar surface area (TPSA) is 73.1 Å². The van der Waals surface area contributed by atoms with Crippen molar-refractivity contribution >= 4 is 54.3 Å². The van der Waals surface area contributed by atoms with Crippen molar-refractivity contribution in [2.24, 2.45) is 0 Å². The highest BCUT2D eigenvalue weighted by molar-refractivity contribution is 7.98. The predicted octanol–water partition coefficient (Wildman–Crippen LogP) is 4.52. The first-order valence-corrected chi connectivity index (χ1v) is 11.1. The van der Waals surface area contributed by atoms with Gasteiger partial charge in [0.25, 0.3) is 5.22 Å². The minimum atomic E-state index is -3.25. The van der Waals surface area contributed by atoms with E-state index in [2.05, 4.69) is 16.0 Å². The van der Waals surface area contributed by atoms with E-state index in [0.29, 0.717) is 22.1 Å². The van der Waals surface area contributed by atoms with Crippen LogP contribution in [0.25, 0.3) is 21.3 Å². The van der Waals surface area contributed by atoms with Gasteiger partial charge in [-0.1, -0.05) is 30.8 Å².